The predicted octanol–water partition coefficient (Wildman–Crippen LogP) is -2.69. The molecule has 9 atom stereocenters. The quantitative estimate of drug-likeness (QED) is 0.0225. The first-order valence-corrected chi connectivity index (χ1v) is 24.4. The van der Waals surface area contributed by atoms with Crippen LogP contribution in [0.25, 0.3) is 10.9 Å². The van der Waals surface area contributed by atoms with Crippen LogP contribution < -0.4 is 65.5 Å². The largest absolute Gasteiger partial charge is 2.00 e. The van der Waals surface area contributed by atoms with Gasteiger partial charge in [-0.1, -0.05) is 44.2 Å². The Balaban J connectivity index is 0.00000201. The van der Waals surface area contributed by atoms with E-state index in [2.05, 4.69) is 42.5 Å². The fraction of sp³-hybridized carbons (Fsp3) is 0.400. The molecule has 4 aromatic rings. The van der Waals surface area contributed by atoms with Gasteiger partial charge in [-0.2, -0.15) is 30.3 Å². The Morgan fingerprint density at radius 1 is 0.792 bits per heavy atom. The van der Waals surface area contributed by atoms with Crippen LogP contribution in [0.4, 0.5) is 5.69 Å². The molecule has 3 aromatic carbocycles. The van der Waals surface area contributed by atoms with E-state index >= 15 is 4.79 Å². The Kier molecular flexibility index (Phi) is 23.4. The van der Waals surface area contributed by atoms with Crippen molar-refractivity contribution < 1.29 is 75.2 Å². The van der Waals surface area contributed by atoms with Crippen molar-refractivity contribution in [3.8, 4) is 0 Å². The number of amides is 9. The maximum absolute atomic E-state index is 15.0. The van der Waals surface area contributed by atoms with E-state index in [1.54, 1.807) is 49.5 Å². The number of aliphatic hydroxyl groups excluding tert-OH is 1. The number of hydrogen-bond donors (Lipinski definition) is 14. The van der Waals surface area contributed by atoms with Crippen LogP contribution in [0.5, 0.6) is 0 Å². The SMILES string of the molecule is CC[C@H](C)[C@H](NC(=O)[C@H](CC(N)=O)NC(=O)[C@H](CC(N)=O)NC(=O)[C@@H](N)CCC(=O)O)C(=O)N1CC(C2=CN(c3ccc[cH-]3)NN2)C[C@H]1C(=O)N[C@@H](Cc1c[nH]c2ccccc12)C(=O)N[C@@H](CO)C(N)=O.[Fe+2].c1cc[cH-]c1. The van der Waals surface area contributed by atoms with Crippen molar-refractivity contribution in [3.63, 3.8) is 0 Å². The van der Waals surface area contributed by atoms with E-state index in [0.717, 1.165) is 16.6 Å². The minimum Gasteiger partial charge on any atom is -0.481 e. The summed E-state index contributed by atoms with van der Waals surface area (Å²) in [6.45, 7) is 2.43. The van der Waals surface area contributed by atoms with Crippen LogP contribution in [0.15, 0.2) is 97.0 Å². The van der Waals surface area contributed by atoms with Crippen LogP contribution in [-0.4, -0.2) is 135 Å². The van der Waals surface area contributed by atoms with Crippen LogP contribution in [-0.2, 0) is 71.4 Å². The Bertz CT molecular complexity index is 2700. The number of nitrogens with two attached hydrogens (primary N) is 4. The van der Waals surface area contributed by atoms with Gasteiger partial charge in [0.1, 0.15) is 36.3 Å². The van der Waals surface area contributed by atoms with E-state index in [1.807, 2.05) is 60.7 Å². The van der Waals surface area contributed by atoms with E-state index in [-0.39, 0.29) is 49.3 Å². The number of nitrogens with zero attached hydrogens (tertiary/aromatic N) is 2. The Morgan fingerprint density at radius 3 is 1.99 bits per heavy atom. The van der Waals surface area contributed by atoms with Gasteiger partial charge in [-0.15, -0.1) is 11.6 Å². The van der Waals surface area contributed by atoms with Crippen molar-refractivity contribution in [2.75, 3.05) is 18.2 Å². The van der Waals surface area contributed by atoms with Crippen molar-refractivity contribution in [3.05, 3.63) is 103 Å². The van der Waals surface area contributed by atoms with Crippen LogP contribution in [0.1, 0.15) is 57.9 Å². The molecule has 0 saturated carbocycles. The molecule has 1 unspecified atom stereocenters. The maximum Gasteiger partial charge on any atom is 2.00 e. The molecule has 26 nitrogen and oxygen atoms in total. The monoisotopic (exact) mass is 1110 g/mol. The summed E-state index contributed by atoms with van der Waals surface area (Å²) >= 11 is 0. The number of benzene rings is 1. The van der Waals surface area contributed by atoms with Gasteiger partial charge in [-0.25, -0.2) is 18.2 Å². The average molecular weight is 1110 g/mol. The number of H-pyrrole nitrogens is 1. The number of primary amides is 3. The van der Waals surface area contributed by atoms with Crippen LogP contribution in [0, 0.1) is 11.8 Å². The number of nitrogens with one attached hydrogen (secondary N) is 8. The van der Waals surface area contributed by atoms with Crippen molar-refractivity contribution >= 4 is 75.7 Å². The molecule has 27 heteroatoms. The Labute approximate surface area is 453 Å². The van der Waals surface area contributed by atoms with Crippen molar-refractivity contribution in [2.24, 2.45) is 34.8 Å². The number of aliphatic carboxylic acids is 1. The number of carboxylic acids is 1. The third kappa shape index (κ3) is 17.5. The number of carbonyl (C=O) groups excluding carboxylic acids is 9. The fourth-order valence-electron chi connectivity index (χ4n) is 8.45. The van der Waals surface area contributed by atoms with E-state index in [0.29, 0.717) is 11.3 Å². The molecule has 3 heterocycles. The summed E-state index contributed by atoms with van der Waals surface area (Å²) in [6.07, 6.45) is 1.10. The van der Waals surface area contributed by atoms with Gasteiger partial charge in [0.2, 0.25) is 53.2 Å². The number of aromatic nitrogens is 1. The first-order chi connectivity index (χ1) is 36.2. The summed E-state index contributed by atoms with van der Waals surface area (Å²) in [4.78, 5) is 136. The third-order valence-electron chi connectivity index (χ3n) is 12.8. The van der Waals surface area contributed by atoms with Gasteiger partial charge in [-0.05, 0) is 30.4 Å². The van der Waals surface area contributed by atoms with Crippen LogP contribution in [0.2, 0.25) is 0 Å². The van der Waals surface area contributed by atoms with E-state index < -0.39 is 139 Å². The van der Waals surface area contributed by atoms with Gasteiger partial charge in [0.15, 0.2) is 0 Å². The standard InChI is InChI=1S/C45H61N14O12.C5H5.Fe/c1-3-22(2)38(55-43(69)31(17-36(48)62)52-42(68)30(16-35(47)61)51-40(66)27(46)12-13-37(63)64)45(71)58-19-24(32-20-59(57-56-32)25-8-4-5-9-25)15-34(58)44(70)53-29(41(67)54-33(21-60)39(49)65)14-23-18-50-28-11-7-6-10-26(23)28;1-2-4-5-3-1;/h4-11,18,20,22,24,27,29-31,33-34,38,50,56-57,60H,3,12-17,19,21,46H2,1-2H3,(H2,47,61)(H2,48,62)(H2,49,65)(H,51,66)(H,52,68)(H,53,70)(H,54,67)(H,55,69)(H,63,64);1-5H;/q2*-1;+2/t22-,24?,27-,29-,30-,31-,33-,34-,38-;;/m0../s1. The van der Waals surface area contributed by atoms with Gasteiger partial charge in [0.25, 0.3) is 0 Å². The molecule has 1 fully saturated rings. The Morgan fingerprint density at radius 2 is 1.42 bits per heavy atom. The van der Waals surface area contributed by atoms with Gasteiger partial charge in [0, 0.05) is 48.6 Å². The van der Waals surface area contributed by atoms with Gasteiger partial charge in [0.05, 0.1) is 31.2 Å². The molecule has 416 valence electrons. The predicted molar refractivity (Wildman–Crippen MR) is 274 cm³/mol. The number of rotatable bonds is 26. The van der Waals surface area contributed by atoms with E-state index in [9.17, 15) is 48.3 Å². The second-order valence-corrected chi connectivity index (χ2v) is 18.4. The summed E-state index contributed by atoms with van der Waals surface area (Å²) in [7, 11) is 0. The number of carbonyl (C=O) groups is 10. The molecule has 1 saturated heterocycles. The molecule has 0 aliphatic carbocycles. The molecular formula is C50H66FeN14O12. The maximum atomic E-state index is 15.0. The summed E-state index contributed by atoms with van der Waals surface area (Å²) in [6, 6.07) is 13.9. The zero-order valence-electron chi connectivity index (χ0n) is 42.3. The van der Waals surface area contributed by atoms with E-state index in [1.165, 1.54) is 4.90 Å². The first-order valence-electron chi connectivity index (χ1n) is 24.4. The zero-order chi connectivity index (χ0) is 55.6. The molecule has 0 radical (unpaired) electrons. The van der Waals surface area contributed by atoms with Crippen molar-refractivity contribution in [1.29, 1.82) is 0 Å². The average Bonchev–Trinajstić information content (AvgIpc) is 4.25. The Hall–Kier alpha value is -8.10. The topological polar surface area (TPSA) is 422 Å². The molecule has 2 aliphatic heterocycles. The number of hydrazine groups is 2. The first kappa shape index (κ1) is 61.4. The molecule has 0 spiro atoms. The van der Waals surface area contributed by atoms with Gasteiger partial charge in [-0.3, -0.25) is 53.0 Å². The number of hydrogen-bond acceptors (Lipinski definition) is 15. The molecule has 18 N–H and O–H groups in total. The molecule has 77 heavy (non-hydrogen) atoms. The third-order valence-corrected chi connectivity index (χ3v) is 12.8. The molecule has 1 aromatic heterocycles. The number of aliphatic hydroxyl groups is 1. The van der Waals surface area contributed by atoms with Gasteiger partial charge >= 0.3 is 23.0 Å². The number of fused-ring (bicyclic) bond motifs is 1. The number of carboxylic acid groups (broad SMARTS) is 1. The fourth-order valence-corrected chi connectivity index (χ4v) is 8.45. The minimum absolute atomic E-state index is 0. The molecule has 2 aliphatic rings. The second-order valence-electron chi connectivity index (χ2n) is 18.4. The summed E-state index contributed by atoms with van der Waals surface area (Å²) in [5.74, 6) is -11.3. The second kappa shape index (κ2) is 29.3. The van der Waals surface area contributed by atoms with Gasteiger partial charge < -0.3 is 75.0 Å². The molecule has 6 rings (SSSR count). The van der Waals surface area contributed by atoms with Crippen molar-refractivity contribution in [1.82, 2.24) is 47.4 Å². The minimum atomic E-state index is -1.80. The van der Waals surface area contributed by atoms with Crippen LogP contribution in [0.3, 0.4) is 0 Å². The summed E-state index contributed by atoms with van der Waals surface area (Å²) in [5, 5.41) is 33.5. The van der Waals surface area contributed by atoms with E-state index in [4.69, 9.17) is 28.0 Å². The molecular weight excluding hydrogens is 1040 g/mol. The van der Waals surface area contributed by atoms with Crippen LogP contribution >= 0.6 is 0 Å². The number of aromatic amines is 1. The van der Waals surface area contributed by atoms with Crippen molar-refractivity contribution in [2.45, 2.75) is 101 Å². The summed E-state index contributed by atoms with van der Waals surface area (Å²) in [5.41, 5.74) is 30.8. The zero-order valence-corrected chi connectivity index (χ0v) is 43.4. The molecule has 9 amide bonds. The summed E-state index contributed by atoms with van der Waals surface area (Å²) < 4.78 is 0. The normalized spacial score (nSPS) is 17.4. The molecule has 0 bridgehead atoms. The number of likely N-dealkylation sites (tertiary alicyclic amines) is 1. The number of para-hydroxylation sites is 1. The smallest absolute Gasteiger partial charge is 0.481 e. The number of anilines is 1.